The largest absolute Gasteiger partial charge is 0.465 e. The van der Waals surface area contributed by atoms with Crippen LogP contribution in [-0.2, 0) is 11.3 Å². The Kier molecular flexibility index (Phi) is 7.22. The molecule has 7 nitrogen and oxygen atoms in total. The second-order valence-electron chi connectivity index (χ2n) is 6.36. The molecule has 1 N–H and O–H groups in total. The summed E-state index contributed by atoms with van der Waals surface area (Å²) in [6, 6.07) is 7.26. The van der Waals surface area contributed by atoms with Gasteiger partial charge in [0.2, 0.25) is 0 Å². The van der Waals surface area contributed by atoms with Gasteiger partial charge in [0.05, 0.1) is 46.1 Å². The van der Waals surface area contributed by atoms with Crippen LogP contribution in [0.15, 0.2) is 33.5 Å². The monoisotopic (exact) mass is 462 g/mol. The zero-order chi connectivity index (χ0) is 21.8. The fourth-order valence-corrected chi connectivity index (χ4v) is 5.35. The van der Waals surface area contributed by atoms with Crippen LogP contribution in [0, 0.1) is 13.8 Å². The van der Waals surface area contributed by atoms with Gasteiger partial charge in [0.25, 0.3) is 5.91 Å². The van der Waals surface area contributed by atoms with Gasteiger partial charge in [-0.25, -0.2) is 4.79 Å². The van der Waals surface area contributed by atoms with E-state index in [4.69, 9.17) is 4.74 Å². The van der Waals surface area contributed by atoms with E-state index in [1.54, 1.807) is 16.8 Å². The van der Waals surface area contributed by atoms with E-state index in [-0.39, 0.29) is 11.9 Å². The Hall–Kier alpha value is -2.30. The molecule has 0 fully saturated rings. The molecule has 1 amide bonds. The molecule has 10 heteroatoms. The first-order valence-corrected chi connectivity index (χ1v) is 12.2. The number of amides is 1. The lowest BCUT2D eigenvalue weighted by molar-refractivity contribution is 0.0599. The molecule has 3 aromatic rings. The number of carbonyl (C=O) groups is 2. The molecule has 30 heavy (non-hydrogen) atoms. The first-order valence-electron chi connectivity index (χ1n) is 9.00. The van der Waals surface area contributed by atoms with Crippen LogP contribution in [0.2, 0.25) is 0 Å². The predicted molar refractivity (Wildman–Crippen MR) is 122 cm³/mol. The Balaban J connectivity index is 1.90. The highest BCUT2D eigenvalue weighted by molar-refractivity contribution is 8.01. The zero-order valence-electron chi connectivity index (χ0n) is 17.3. The predicted octanol–water partition coefficient (Wildman–Crippen LogP) is 4.49. The van der Waals surface area contributed by atoms with E-state index in [1.165, 1.54) is 42.2 Å². The Morgan fingerprint density at radius 3 is 2.60 bits per heavy atom. The van der Waals surface area contributed by atoms with Gasteiger partial charge in [-0.1, -0.05) is 18.2 Å². The molecular weight excluding hydrogens is 440 g/mol. The van der Waals surface area contributed by atoms with E-state index in [0.29, 0.717) is 29.1 Å². The summed E-state index contributed by atoms with van der Waals surface area (Å²) in [7, 11) is 1.36. The third kappa shape index (κ3) is 4.40. The lowest BCUT2D eigenvalue weighted by Crippen LogP contribution is -2.15. The molecule has 0 radical (unpaired) electrons. The standard InChI is InChI=1S/C20H22N4O3S3/c1-11-16(21-17(25)15-18(28-4)23-30-20(15)29-5)12(2)24(22-11)10-13-8-6-7-9-14(13)19(26)27-3/h6-9H,10H2,1-5H3,(H,21,25). The summed E-state index contributed by atoms with van der Waals surface area (Å²) in [5.74, 6) is -0.585. The summed E-state index contributed by atoms with van der Waals surface area (Å²) in [5, 5.41) is 8.31. The number of methoxy groups -OCH3 is 1. The third-order valence-electron chi connectivity index (χ3n) is 4.60. The van der Waals surface area contributed by atoms with Crippen LogP contribution in [0.4, 0.5) is 5.69 Å². The van der Waals surface area contributed by atoms with Crippen LogP contribution in [0.5, 0.6) is 0 Å². The number of rotatable bonds is 7. The smallest absolute Gasteiger partial charge is 0.338 e. The van der Waals surface area contributed by atoms with Crippen molar-refractivity contribution < 1.29 is 14.3 Å². The van der Waals surface area contributed by atoms with Crippen molar-refractivity contribution in [3.63, 3.8) is 0 Å². The summed E-state index contributed by atoms with van der Waals surface area (Å²) in [6.07, 6.45) is 3.84. The molecule has 2 heterocycles. The first kappa shape index (κ1) is 22.4. The van der Waals surface area contributed by atoms with Gasteiger partial charge in [-0.3, -0.25) is 9.48 Å². The van der Waals surface area contributed by atoms with Crippen molar-refractivity contribution in [2.75, 3.05) is 24.9 Å². The normalized spacial score (nSPS) is 10.8. The van der Waals surface area contributed by atoms with Gasteiger partial charge in [0, 0.05) is 0 Å². The summed E-state index contributed by atoms with van der Waals surface area (Å²) in [4.78, 5) is 25.1. The third-order valence-corrected chi connectivity index (χ3v) is 7.34. The maximum absolute atomic E-state index is 13.0. The van der Waals surface area contributed by atoms with Crippen LogP contribution in [0.3, 0.4) is 0 Å². The van der Waals surface area contributed by atoms with Crippen LogP contribution in [-0.4, -0.2) is 45.7 Å². The Morgan fingerprint density at radius 2 is 1.93 bits per heavy atom. The fraction of sp³-hybridized carbons (Fsp3) is 0.300. The van der Waals surface area contributed by atoms with E-state index < -0.39 is 0 Å². The fourth-order valence-electron chi connectivity index (χ4n) is 3.07. The van der Waals surface area contributed by atoms with Crippen molar-refractivity contribution in [1.29, 1.82) is 0 Å². The molecule has 0 saturated carbocycles. The number of hydrogen-bond donors (Lipinski definition) is 1. The van der Waals surface area contributed by atoms with Crippen molar-refractivity contribution in [2.45, 2.75) is 29.6 Å². The maximum atomic E-state index is 13.0. The van der Waals surface area contributed by atoms with E-state index in [0.717, 1.165) is 20.5 Å². The number of ether oxygens (including phenoxy) is 1. The molecule has 3 rings (SSSR count). The zero-order valence-corrected chi connectivity index (χ0v) is 19.8. The molecule has 2 aromatic heterocycles. The van der Waals surface area contributed by atoms with E-state index in [1.807, 2.05) is 38.5 Å². The second kappa shape index (κ2) is 9.67. The molecule has 0 unspecified atom stereocenters. The number of aromatic nitrogens is 3. The minimum absolute atomic E-state index is 0.196. The molecule has 0 aliphatic heterocycles. The van der Waals surface area contributed by atoms with Crippen molar-refractivity contribution in [3.8, 4) is 0 Å². The maximum Gasteiger partial charge on any atom is 0.338 e. The van der Waals surface area contributed by atoms with Crippen LogP contribution < -0.4 is 5.32 Å². The highest BCUT2D eigenvalue weighted by Gasteiger charge is 2.23. The van der Waals surface area contributed by atoms with Gasteiger partial charge < -0.3 is 10.1 Å². The second-order valence-corrected chi connectivity index (χ2v) is 9.01. The molecule has 0 bridgehead atoms. The average molecular weight is 463 g/mol. The minimum atomic E-state index is -0.389. The number of aryl methyl sites for hydroxylation is 1. The summed E-state index contributed by atoms with van der Waals surface area (Å²) < 4.78 is 11.9. The first-order chi connectivity index (χ1) is 14.4. The van der Waals surface area contributed by atoms with Crippen molar-refractivity contribution in [3.05, 3.63) is 52.3 Å². The number of benzene rings is 1. The molecule has 0 aliphatic carbocycles. The SMILES string of the molecule is COC(=O)c1ccccc1Cn1nc(C)c(NC(=O)c2c(SC)nsc2SC)c1C. The van der Waals surface area contributed by atoms with Gasteiger partial charge in [0.1, 0.15) is 5.03 Å². The Labute approximate surface area is 187 Å². The summed E-state index contributed by atoms with van der Waals surface area (Å²) in [5.41, 5.74) is 4.07. The molecule has 0 aliphatic rings. The number of nitrogens with one attached hydrogen (secondary N) is 1. The highest BCUT2D eigenvalue weighted by atomic mass is 32.2. The van der Waals surface area contributed by atoms with E-state index >= 15 is 0 Å². The number of thioether (sulfide) groups is 2. The van der Waals surface area contributed by atoms with Gasteiger partial charge in [-0.2, -0.15) is 9.47 Å². The molecule has 158 valence electrons. The number of hydrogen-bond acceptors (Lipinski definition) is 8. The average Bonchev–Trinajstić information content (AvgIpc) is 3.29. The lowest BCUT2D eigenvalue weighted by atomic mass is 10.1. The minimum Gasteiger partial charge on any atom is -0.465 e. The quantitative estimate of drug-likeness (QED) is 0.409. The van der Waals surface area contributed by atoms with E-state index in [9.17, 15) is 9.59 Å². The van der Waals surface area contributed by atoms with Crippen molar-refractivity contribution in [1.82, 2.24) is 14.2 Å². The Bertz CT molecular complexity index is 1070. The van der Waals surface area contributed by atoms with Gasteiger partial charge in [-0.05, 0) is 49.5 Å². The number of anilines is 1. The van der Waals surface area contributed by atoms with Gasteiger partial charge in [0.15, 0.2) is 0 Å². The molecule has 0 atom stereocenters. The molecule has 1 aromatic carbocycles. The van der Waals surface area contributed by atoms with Crippen LogP contribution in [0.25, 0.3) is 0 Å². The van der Waals surface area contributed by atoms with Crippen LogP contribution in [0.1, 0.15) is 37.7 Å². The number of esters is 1. The number of nitrogens with zero attached hydrogens (tertiary/aromatic N) is 3. The molecule has 0 saturated heterocycles. The van der Waals surface area contributed by atoms with Crippen molar-refractivity contribution >= 4 is 52.6 Å². The Morgan fingerprint density at radius 1 is 1.20 bits per heavy atom. The number of carbonyl (C=O) groups excluding carboxylic acids is 2. The molecule has 0 spiro atoms. The lowest BCUT2D eigenvalue weighted by Gasteiger charge is -2.10. The van der Waals surface area contributed by atoms with Crippen molar-refractivity contribution in [2.24, 2.45) is 0 Å². The highest BCUT2D eigenvalue weighted by Crippen LogP contribution is 2.33. The van der Waals surface area contributed by atoms with Crippen LogP contribution >= 0.6 is 35.1 Å². The van der Waals surface area contributed by atoms with E-state index in [2.05, 4.69) is 14.8 Å². The summed E-state index contributed by atoms with van der Waals surface area (Å²) >= 11 is 4.29. The summed E-state index contributed by atoms with van der Waals surface area (Å²) in [6.45, 7) is 4.13. The van der Waals surface area contributed by atoms with Gasteiger partial charge in [-0.15, -0.1) is 23.5 Å². The molecular formula is C20H22N4O3S3. The van der Waals surface area contributed by atoms with Gasteiger partial charge >= 0.3 is 5.97 Å². The topological polar surface area (TPSA) is 86.1 Å².